The Morgan fingerprint density at radius 1 is 1.42 bits per heavy atom. The van der Waals surface area contributed by atoms with Crippen LogP contribution in [-0.4, -0.2) is 25.3 Å². The number of benzene rings is 1. The molecule has 1 saturated heterocycles. The molecular formula is C14H20Cl2N2O. The fraction of sp³-hybridized carbons (Fsp3) is 0.571. The van der Waals surface area contributed by atoms with Crippen LogP contribution in [0.1, 0.15) is 31.4 Å². The van der Waals surface area contributed by atoms with Crippen LogP contribution in [-0.2, 0) is 4.74 Å². The van der Waals surface area contributed by atoms with Gasteiger partial charge in [-0.3, -0.25) is 0 Å². The van der Waals surface area contributed by atoms with E-state index in [0.717, 1.165) is 31.6 Å². The minimum atomic E-state index is -0.0797. The minimum Gasteiger partial charge on any atom is -0.374 e. The molecule has 1 fully saturated rings. The molecule has 1 aromatic rings. The lowest BCUT2D eigenvalue weighted by Crippen LogP contribution is -2.40. The lowest BCUT2D eigenvalue weighted by Gasteiger charge is -2.27. The molecule has 1 aromatic carbocycles. The molecule has 0 radical (unpaired) electrons. The third-order valence-electron chi connectivity index (χ3n) is 3.60. The molecule has 0 spiro atoms. The first-order valence-corrected chi connectivity index (χ1v) is 7.32. The van der Waals surface area contributed by atoms with Crippen molar-refractivity contribution in [3.05, 3.63) is 33.8 Å². The first kappa shape index (κ1) is 15.1. The molecule has 0 saturated carbocycles. The molecule has 1 heterocycles. The Kier molecular flexibility index (Phi) is 5.09. The molecule has 1 aliphatic rings. The number of hydrogen-bond acceptors (Lipinski definition) is 3. The second-order valence-electron chi connectivity index (χ2n) is 5.24. The van der Waals surface area contributed by atoms with Gasteiger partial charge in [-0.25, -0.2) is 0 Å². The number of hydrogen-bond donors (Lipinski definition) is 2. The normalized spacial score (nSPS) is 24.6. The van der Waals surface area contributed by atoms with E-state index >= 15 is 0 Å². The molecular weight excluding hydrogens is 283 g/mol. The van der Waals surface area contributed by atoms with E-state index in [4.69, 9.17) is 33.7 Å². The number of ether oxygens (including phenoxy) is 1. The predicted octanol–water partition coefficient (Wildman–Crippen LogP) is 3.15. The van der Waals surface area contributed by atoms with Crippen LogP contribution in [0.4, 0.5) is 0 Å². The Bertz CT molecular complexity index is 433. The molecule has 2 atom stereocenters. The third-order valence-corrected chi connectivity index (χ3v) is 4.34. The molecule has 1 aliphatic heterocycles. The molecule has 5 heteroatoms. The van der Waals surface area contributed by atoms with Crippen molar-refractivity contribution in [2.45, 2.75) is 31.4 Å². The van der Waals surface area contributed by atoms with Crippen LogP contribution in [0.5, 0.6) is 0 Å². The van der Waals surface area contributed by atoms with Gasteiger partial charge in [0.2, 0.25) is 0 Å². The molecule has 106 valence electrons. The monoisotopic (exact) mass is 302 g/mol. The second-order valence-corrected chi connectivity index (χ2v) is 6.06. The smallest absolute Gasteiger partial charge is 0.0779 e. The number of halogens is 2. The van der Waals surface area contributed by atoms with Crippen molar-refractivity contribution in [3.63, 3.8) is 0 Å². The van der Waals surface area contributed by atoms with Gasteiger partial charge in [0.15, 0.2) is 0 Å². The molecule has 19 heavy (non-hydrogen) atoms. The van der Waals surface area contributed by atoms with E-state index in [2.05, 4.69) is 12.2 Å². The summed E-state index contributed by atoms with van der Waals surface area (Å²) in [4.78, 5) is 0. The van der Waals surface area contributed by atoms with Crippen molar-refractivity contribution >= 4 is 23.2 Å². The maximum Gasteiger partial charge on any atom is 0.0779 e. The van der Waals surface area contributed by atoms with Crippen LogP contribution >= 0.6 is 23.2 Å². The van der Waals surface area contributed by atoms with E-state index < -0.39 is 0 Å². The predicted molar refractivity (Wildman–Crippen MR) is 79.9 cm³/mol. The summed E-state index contributed by atoms with van der Waals surface area (Å²) in [7, 11) is 0. The molecule has 3 N–H and O–H groups in total. The minimum absolute atomic E-state index is 0.0655. The van der Waals surface area contributed by atoms with Crippen LogP contribution in [0.25, 0.3) is 0 Å². The quantitative estimate of drug-likeness (QED) is 0.878. The van der Waals surface area contributed by atoms with Gasteiger partial charge in [0.25, 0.3) is 0 Å². The Balaban J connectivity index is 2.01. The molecule has 0 bridgehead atoms. The molecule has 2 unspecified atom stereocenters. The summed E-state index contributed by atoms with van der Waals surface area (Å²) in [6.45, 7) is 4.27. The Labute approximate surface area is 124 Å². The number of rotatable bonds is 5. The van der Waals surface area contributed by atoms with Gasteiger partial charge in [-0.05, 0) is 37.5 Å². The summed E-state index contributed by atoms with van der Waals surface area (Å²) in [6, 6.07) is 5.69. The topological polar surface area (TPSA) is 47.3 Å². The molecule has 0 amide bonds. The van der Waals surface area contributed by atoms with Gasteiger partial charge in [0.05, 0.1) is 15.6 Å². The zero-order valence-electron chi connectivity index (χ0n) is 11.1. The van der Waals surface area contributed by atoms with Crippen LogP contribution in [0, 0.1) is 0 Å². The maximum atomic E-state index is 6.04. The van der Waals surface area contributed by atoms with E-state index in [1.807, 2.05) is 12.1 Å². The lowest BCUT2D eigenvalue weighted by molar-refractivity contribution is 0.0189. The largest absolute Gasteiger partial charge is 0.374 e. The van der Waals surface area contributed by atoms with Crippen molar-refractivity contribution < 1.29 is 4.74 Å². The number of nitrogens with two attached hydrogens (primary N) is 1. The summed E-state index contributed by atoms with van der Waals surface area (Å²) in [6.07, 6.45) is 2.21. The fourth-order valence-electron chi connectivity index (χ4n) is 2.38. The summed E-state index contributed by atoms with van der Waals surface area (Å²) >= 11 is 12.0. The molecule has 0 aliphatic carbocycles. The van der Waals surface area contributed by atoms with Gasteiger partial charge in [-0.15, -0.1) is 0 Å². The maximum absolute atomic E-state index is 6.04. The van der Waals surface area contributed by atoms with Crippen LogP contribution in [0.3, 0.4) is 0 Å². The Morgan fingerprint density at radius 2 is 2.21 bits per heavy atom. The van der Waals surface area contributed by atoms with Gasteiger partial charge < -0.3 is 15.8 Å². The highest BCUT2D eigenvalue weighted by molar-refractivity contribution is 6.42. The van der Waals surface area contributed by atoms with E-state index in [9.17, 15) is 0 Å². The summed E-state index contributed by atoms with van der Waals surface area (Å²) in [5, 5.41) is 4.58. The first-order valence-electron chi connectivity index (χ1n) is 6.56. The van der Waals surface area contributed by atoms with Gasteiger partial charge >= 0.3 is 0 Å². The van der Waals surface area contributed by atoms with E-state index in [-0.39, 0.29) is 11.6 Å². The Hall–Kier alpha value is -0.320. The summed E-state index contributed by atoms with van der Waals surface area (Å²) in [5.41, 5.74) is 6.82. The number of nitrogens with one attached hydrogen (secondary N) is 1. The van der Waals surface area contributed by atoms with Gasteiger partial charge in [0, 0.05) is 25.7 Å². The van der Waals surface area contributed by atoms with Gasteiger partial charge in [-0.1, -0.05) is 29.3 Å². The highest BCUT2D eigenvalue weighted by Gasteiger charge is 2.30. The van der Waals surface area contributed by atoms with Crippen molar-refractivity contribution in [1.29, 1.82) is 0 Å². The van der Waals surface area contributed by atoms with Crippen molar-refractivity contribution in [1.82, 2.24) is 5.32 Å². The van der Waals surface area contributed by atoms with Crippen LogP contribution < -0.4 is 11.1 Å². The van der Waals surface area contributed by atoms with Crippen LogP contribution in [0.15, 0.2) is 18.2 Å². The van der Waals surface area contributed by atoms with E-state index in [1.54, 1.807) is 6.07 Å². The lowest BCUT2D eigenvalue weighted by atomic mass is 10.0. The highest BCUT2D eigenvalue weighted by Crippen LogP contribution is 2.27. The summed E-state index contributed by atoms with van der Waals surface area (Å²) < 4.78 is 5.76. The molecule has 3 nitrogen and oxygen atoms in total. The Morgan fingerprint density at radius 3 is 2.79 bits per heavy atom. The SMILES string of the molecule is CC1(CNC(CN)c2ccc(Cl)c(Cl)c2)CCCO1. The van der Waals surface area contributed by atoms with Crippen LogP contribution in [0.2, 0.25) is 10.0 Å². The highest BCUT2D eigenvalue weighted by atomic mass is 35.5. The van der Waals surface area contributed by atoms with Gasteiger partial charge in [-0.2, -0.15) is 0 Å². The summed E-state index contributed by atoms with van der Waals surface area (Å²) in [5.74, 6) is 0. The second kappa shape index (κ2) is 6.42. The van der Waals surface area contributed by atoms with Crippen molar-refractivity contribution in [3.8, 4) is 0 Å². The van der Waals surface area contributed by atoms with Crippen molar-refractivity contribution in [2.24, 2.45) is 5.73 Å². The van der Waals surface area contributed by atoms with E-state index in [0.29, 0.717) is 16.6 Å². The standard InChI is InChI=1S/C14H20Cl2N2O/c1-14(5-2-6-19-14)9-18-13(8-17)10-3-4-11(15)12(16)7-10/h3-4,7,13,18H,2,5-6,8-9,17H2,1H3. The molecule has 0 aromatic heterocycles. The average molecular weight is 303 g/mol. The molecule has 2 rings (SSSR count). The fourth-order valence-corrected chi connectivity index (χ4v) is 2.69. The zero-order valence-corrected chi connectivity index (χ0v) is 12.6. The first-order chi connectivity index (χ1) is 9.04. The van der Waals surface area contributed by atoms with Crippen molar-refractivity contribution in [2.75, 3.05) is 19.7 Å². The third kappa shape index (κ3) is 3.83. The zero-order chi connectivity index (χ0) is 13.9. The average Bonchev–Trinajstić information content (AvgIpc) is 2.81. The van der Waals surface area contributed by atoms with E-state index in [1.165, 1.54) is 0 Å². The van der Waals surface area contributed by atoms with Gasteiger partial charge in [0.1, 0.15) is 0 Å².